The largest absolute Gasteiger partial charge is 0.497 e. The molecule has 1 saturated heterocycles. The van der Waals surface area contributed by atoms with Crippen LogP contribution in [0.1, 0.15) is 22.0 Å². The summed E-state index contributed by atoms with van der Waals surface area (Å²) in [5, 5.41) is 3.06. The number of methoxy groups -OCH3 is 3. The Morgan fingerprint density at radius 2 is 1.79 bits per heavy atom. The topological polar surface area (TPSA) is 69.3 Å². The molecule has 156 valence electrons. The van der Waals surface area contributed by atoms with E-state index in [2.05, 4.69) is 10.2 Å². The highest BCUT2D eigenvalue weighted by Gasteiger charge is 2.24. The third-order valence-electron chi connectivity index (χ3n) is 5.07. The van der Waals surface area contributed by atoms with E-state index in [-0.39, 0.29) is 11.9 Å². The van der Waals surface area contributed by atoms with E-state index in [1.165, 1.54) is 0 Å². The average Bonchev–Trinajstić information content (AvgIpc) is 2.79. The Labute approximate surface area is 171 Å². The molecule has 2 aromatic carbocycles. The van der Waals surface area contributed by atoms with Crippen molar-refractivity contribution in [2.75, 3.05) is 54.2 Å². The Hall–Kier alpha value is -2.77. The molecule has 0 radical (unpaired) electrons. The molecule has 2 aromatic rings. The molecular weight excluding hydrogens is 372 g/mol. The molecule has 1 atom stereocenters. The number of amides is 1. The minimum atomic E-state index is -0.136. The summed E-state index contributed by atoms with van der Waals surface area (Å²) in [5.41, 5.74) is 1.62. The number of rotatable bonds is 8. The summed E-state index contributed by atoms with van der Waals surface area (Å²) in [6, 6.07) is 13.0. The highest BCUT2D eigenvalue weighted by atomic mass is 16.5. The zero-order valence-corrected chi connectivity index (χ0v) is 17.1. The highest BCUT2D eigenvalue weighted by Crippen LogP contribution is 2.32. The Kier molecular flexibility index (Phi) is 7.32. The summed E-state index contributed by atoms with van der Waals surface area (Å²) in [4.78, 5) is 15.0. The molecule has 1 aliphatic rings. The second-order valence-corrected chi connectivity index (χ2v) is 6.72. The minimum absolute atomic E-state index is 0.00624. The van der Waals surface area contributed by atoms with Gasteiger partial charge in [-0.25, -0.2) is 0 Å². The van der Waals surface area contributed by atoms with Crippen LogP contribution in [0.5, 0.6) is 17.2 Å². The van der Waals surface area contributed by atoms with Crippen molar-refractivity contribution in [2.24, 2.45) is 0 Å². The number of nitrogens with zero attached hydrogens (tertiary/aromatic N) is 1. The van der Waals surface area contributed by atoms with E-state index in [1.54, 1.807) is 33.5 Å². The van der Waals surface area contributed by atoms with Crippen LogP contribution in [0.15, 0.2) is 42.5 Å². The average molecular weight is 400 g/mol. The van der Waals surface area contributed by atoms with Gasteiger partial charge in [-0.05, 0) is 35.9 Å². The fourth-order valence-electron chi connectivity index (χ4n) is 3.46. The molecule has 0 spiro atoms. The number of nitrogens with one attached hydrogen (secondary N) is 1. The van der Waals surface area contributed by atoms with Crippen molar-refractivity contribution < 1.29 is 23.7 Å². The normalized spacial score (nSPS) is 15.4. The first-order valence-electron chi connectivity index (χ1n) is 9.62. The Morgan fingerprint density at radius 1 is 1.03 bits per heavy atom. The van der Waals surface area contributed by atoms with Gasteiger partial charge in [-0.15, -0.1) is 0 Å². The van der Waals surface area contributed by atoms with Gasteiger partial charge in [0.05, 0.1) is 40.6 Å². The molecule has 1 fully saturated rings. The van der Waals surface area contributed by atoms with E-state index in [4.69, 9.17) is 18.9 Å². The molecule has 0 aliphatic carbocycles. The summed E-state index contributed by atoms with van der Waals surface area (Å²) in [6.07, 6.45) is 0. The maximum absolute atomic E-state index is 12.7. The van der Waals surface area contributed by atoms with Crippen molar-refractivity contribution in [2.45, 2.75) is 6.04 Å². The summed E-state index contributed by atoms with van der Waals surface area (Å²) >= 11 is 0. The van der Waals surface area contributed by atoms with Crippen LogP contribution in [-0.4, -0.2) is 65.0 Å². The number of hydrogen-bond donors (Lipinski definition) is 1. The van der Waals surface area contributed by atoms with E-state index >= 15 is 0 Å². The molecule has 0 aromatic heterocycles. The van der Waals surface area contributed by atoms with Crippen LogP contribution < -0.4 is 19.5 Å². The number of morpholine rings is 1. The van der Waals surface area contributed by atoms with Crippen molar-refractivity contribution in [3.63, 3.8) is 0 Å². The lowest BCUT2D eigenvalue weighted by Crippen LogP contribution is -2.43. The van der Waals surface area contributed by atoms with Gasteiger partial charge in [0.15, 0.2) is 11.5 Å². The van der Waals surface area contributed by atoms with Crippen molar-refractivity contribution in [3.05, 3.63) is 53.6 Å². The van der Waals surface area contributed by atoms with Crippen molar-refractivity contribution in [1.82, 2.24) is 10.2 Å². The number of carbonyl (C=O) groups is 1. The first kappa shape index (κ1) is 21.0. The Morgan fingerprint density at radius 3 is 2.48 bits per heavy atom. The monoisotopic (exact) mass is 400 g/mol. The van der Waals surface area contributed by atoms with Gasteiger partial charge >= 0.3 is 0 Å². The van der Waals surface area contributed by atoms with E-state index in [9.17, 15) is 4.79 Å². The number of carbonyl (C=O) groups excluding carboxylic acids is 1. The number of hydrogen-bond acceptors (Lipinski definition) is 6. The summed E-state index contributed by atoms with van der Waals surface area (Å²) in [7, 11) is 4.82. The molecular formula is C22H28N2O5. The van der Waals surface area contributed by atoms with Crippen molar-refractivity contribution in [3.8, 4) is 17.2 Å². The van der Waals surface area contributed by atoms with Gasteiger partial charge in [0.1, 0.15) is 5.75 Å². The standard InChI is InChI=1S/C22H28N2O5/c1-26-18-6-4-5-17(13-18)22(25)23-15-19(24-9-11-29-12-10-24)16-7-8-20(27-2)21(14-16)28-3/h4-8,13-14,19H,9-12,15H2,1-3H3,(H,23,25). The molecule has 3 rings (SSSR count). The second-order valence-electron chi connectivity index (χ2n) is 6.72. The molecule has 1 heterocycles. The lowest BCUT2D eigenvalue weighted by Gasteiger charge is -2.35. The fourth-order valence-corrected chi connectivity index (χ4v) is 3.46. The quantitative estimate of drug-likeness (QED) is 0.734. The summed E-state index contributed by atoms with van der Waals surface area (Å²) in [6.45, 7) is 3.41. The van der Waals surface area contributed by atoms with Crippen LogP contribution in [0.3, 0.4) is 0 Å². The van der Waals surface area contributed by atoms with Gasteiger partial charge in [0.2, 0.25) is 0 Å². The van der Waals surface area contributed by atoms with E-state index in [0.717, 1.165) is 18.7 Å². The van der Waals surface area contributed by atoms with Gasteiger partial charge in [-0.2, -0.15) is 0 Å². The molecule has 1 N–H and O–H groups in total. The van der Waals surface area contributed by atoms with Crippen LogP contribution in [-0.2, 0) is 4.74 Å². The van der Waals surface area contributed by atoms with Crippen LogP contribution in [0, 0.1) is 0 Å². The van der Waals surface area contributed by atoms with Crippen LogP contribution in [0.25, 0.3) is 0 Å². The summed E-state index contributed by atoms with van der Waals surface area (Å²) < 4.78 is 21.5. The van der Waals surface area contributed by atoms with Gasteiger partial charge in [0, 0.05) is 25.2 Å². The predicted octanol–water partition coefficient (Wildman–Crippen LogP) is 2.52. The minimum Gasteiger partial charge on any atom is -0.497 e. The number of ether oxygens (including phenoxy) is 4. The maximum Gasteiger partial charge on any atom is 0.251 e. The number of benzene rings is 2. The smallest absolute Gasteiger partial charge is 0.251 e. The van der Waals surface area contributed by atoms with Crippen LogP contribution in [0.4, 0.5) is 0 Å². The molecule has 1 aliphatic heterocycles. The van der Waals surface area contributed by atoms with Crippen LogP contribution in [0.2, 0.25) is 0 Å². The Balaban J connectivity index is 1.79. The Bertz CT molecular complexity index is 821. The maximum atomic E-state index is 12.7. The first-order chi connectivity index (χ1) is 14.2. The summed E-state index contributed by atoms with van der Waals surface area (Å²) in [5.74, 6) is 1.87. The lowest BCUT2D eigenvalue weighted by molar-refractivity contribution is 0.0162. The fraction of sp³-hybridized carbons (Fsp3) is 0.409. The molecule has 7 heteroatoms. The van der Waals surface area contributed by atoms with E-state index < -0.39 is 0 Å². The second kappa shape index (κ2) is 10.1. The van der Waals surface area contributed by atoms with Crippen molar-refractivity contribution in [1.29, 1.82) is 0 Å². The molecule has 1 unspecified atom stereocenters. The molecule has 1 amide bonds. The molecule has 0 bridgehead atoms. The zero-order valence-electron chi connectivity index (χ0n) is 17.1. The van der Waals surface area contributed by atoms with Gasteiger partial charge in [0.25, 0.3) is 5.91 Å². The molecule has 29 heavy (non-hydrogen) atoms. The van der Waals surface area contributed by atoms with E-state index in [0.29, 0.717) is 42.6 Å². The third-order valence-corrected chi connectivity index (χ3v) is 5.07. The van der Waals surface area contributed by atoms with Gasteiger partial charge in [-0.1, -0.05) is 12.1 Å². The molecule has 7 nitrogen and oxygen atoms in total. The van der Waals surface area contributed by atoms with Crippen LogP contribution >= 0.6 is 0 Å². The van der Waals surface area contributed by atoms with Gasteiger partial charge in [-0.3, -0.25) is 9.69 Å². The lowest BCUT2D eigenvalue weighted by atomic mass is 10.0. The third kappa shape index (κ3) is 5.19. The highest BCUT2D eigenvalue weighted by molar-refractivity contribution is 5.94. The van der Waals surface area contributed by atoms with Gasteiger partial charge < -0.3 is 24.3 Å². The van der Waals surface area contributed by atoms with E-state index in [1.807, 2.05) is 30.3 Å². The van der Waals surface area contributed by atoms with Crippen molar-refractivity contribution >= 4 is 5.91 Å². The molecule has 0 saturated carbocycles. The first-order valence-corrected chi connectivity index (χ1v) is 9.62. The SMILES string of the molecule is COc1cccc(C(=O)NCC(c2ccc(OC)c(OC)c2)N2CCOCC2)c1. The predicted molar refractivity (Wildman–Crippen MR) is 110 cm³/mol. The zero-order chi connectivity index (χ0) is 20.6.